The molecule has 8 heteroatoms. The van der Waals surface area contributed by atoms with Gasteiger partial charge in [0.05, 0.1) is 5.56 Å². The Balaban J connectivity index is 2.59. The third kappa shape index (κ3) is 2.67. The van der Waals surface area contributed by atoms with Gasteiger partial charge in [0.15, 0.2) is 0 Å². The van der Waals surface area contributed by atoms with Gasteiger partial charge >= 0.3 is 6.18 Å². The van der Waals surface area contributed by atoms with Gasteiger partial charge < -0.3 is 17.2 Å². The number of rotatable bonds is 1. The van der Waals surface area contributed by atoms with Gasteiger partial charge in [-0.1, -0.05) is 0 Å². The first-order valence-electron chi connectivity index (χ1n) is 5.13. The molecule has 0 saturated heterocycles. The maximum atomic E-state index is 12.7. The Bertz CT molecular complexity index is 624. The summed E-state index contributed by atoms with van der Waals surface area (Å²) in [7, 11) is 0. The van der Waals surface area contributed by atoms with Crippen LogP contribution in [-0.2, 0) is 6.18 Å². The van der Waals surface area contributed by atoms with Crippen LogP contribution in [0.25, 0.3) is 11.1 Å². The minimum atomic E-state index is -4.49. The molecule has 5 nitrogen and oxygen atoms in total. The molecule has 0 aliphatic rings. The highest BCUT2D eigenvalue weighted by atomic mass is 19.4. The molecular weight excluding hydrogens is 259 g/mol. The van der Waals surface area contributed by atoms with Gasteiger partial charge in [-0.2, -0.15) is 18.2 Å². The Hall–Kier alpha value is -2.51. The van der Waals surface area contributed by atoms with E-state index >= 15 is 0 Å². The second-order valence-electron chi connectivity index (χ2n) is 3.87. The average molecular weight is 269 g/mol. The zero-order valence-corrected chi connectivity index (χ0v) is 9.57. The molecule has 0 unspecified atom stereocenters. The molecule has 1 aromatic carbocycles. The van der Waals surface area contributed by atoms with E-state index in [1.54, 1.807) is 0 Å². The summed E-state index contributed by atoms with van der Waals surface area (Å²) >= 11 is 0. The van der Waals surface area contributed by atoms with Gasteiger partial charge in [-0.15, -0.1) is 0 Å². The van der Waals surface area contributed by atoms with Crippen LogP contribution in [0.4, 0.5) is 30.6 Å². The van der Waals surface area contributed by atoms with Crippen molar-refractivity contribution in [3.8, 4) is 11.1 Å². The summed E-state index contributed by atoms with van der Waals surface area (Å²) in [4.78, 5) is 7.40. The van der Waals surface area contributed by atoms with Crippen LogP contribution in [0.15, 0.2) is 24.4 Å². The molecular formula is C11H10F3N5. The van der Waals surface area contributed by atoms with Crippen molar-refractivity contribution in [3.63, 3.8) is 0 Å². The Morgan fingerprint density at radius 2 is 1.68 bits per heavy atom. The van der Waals surface area contributed by atoms with Crippen LogP contribution in [-0.4, -0.2) is 9.97 Å². The minimum Gasteiger partial charge on any atom is -0.399 e. The summed E-state index contributed by atoms with van der Waals surface area (Å²) in [6.45, 7) is 0. The van der Waals surface area contributed by atoms with Crippen molar-refractivity contribution in [2.75, 3.05) is 17.2 Å². The van der Waals surface area contributed by atoms with Crippen molar-refractivity contribution >= 4 is 17.5 Å². The molecule has 0 atom stereocenters. The van der Waals surface area contributed by atoms with E-state index in [9.17, 15) is 13.2 Å². The molecule has 0 amide bonds. The molecule has 2 aromatic rings. The van der Waals surface area contributed by atoms with Gasteiger partial charge in [0.25, 0.3) is 0 Å². The van der Waals surface area contributed by atoms with Crippen molar-refractivity contribution in [3.05, 3.63) is 30.0 Å². The molecule has 6 N–H and O–H groups in total. The monoisotopic (exact) mass is 269 g/mol. The van der Waals surface area contributed by atoms with Crippen LogP contribution in [0, 0.1) is 0 Å². The first kappa shape index (κ1) is 12.9. The quantitative estimate of drug-likeness (QED) is 0.686. The topological polar surface area (TPSA) is 104 Å². The van der Waals surface area contributed by atoms with Gasteiger partial charge in [0.1, 0.15) is 5.82 Å². The molecule has 0 aliphatic carbocycles. The van der Waals surface area contributed by atoms with Gasteiger partial charge in [0.2, 0.25) is 5.95 Å². The average Bonchev–Trinajstić information content (AvgIpc) is 2.26. The number of hydrogen-bond donors (Lipinski definition) is 3. The number of nitrogens with two attached hydrogens (primary N) is 3. The molecule has 0 aliphatic heterocycles. The summed E-state index contributed by atoms with van der Waals surface area (Å²) in [5.41, 5.74) is 15.9. The molecule has 19 heavy (non-hydrogen) atoms. The van der Waals surface area contributed by atoms with E-state index in [-0.39, 0.29) is 28.6 Å². The van der Waals surface area contributed by atoms with Crippen molar-refractivity contribution in [2.45, 2.75) is 6.18 Å². The van der Waals surface area contributed by atoms with Crippen LogP contribution < -0.4 is 17.2 Å². The van der Waals surface area contributed by atoms with E-state index in [4.69, 9.17) is 17.2 Å². The van der Waals surface area contributed by atoms with Gasteiger partial charge in [0, 0.05) is 17.4 Å². The summed E-state index contributed by atoms with van der Waals surface area (Å²) in [6, 6.07) is 3.14. The van der Waals surface area contributed by atoms with E-state index in [2.05, 4.69) is 9.97 Å². The Labute approximate surface area is 106 Å². The summed E-state index contributed by atoms with van der Waals surface area (Å²) in [5.74, 6) is -0.0626. The summed E-state index contributed by atoms with van der Waals surface area (Å²) < 4.78 is 38.1. The predicted molar refractivity (Wildman–Crippen MR) is 65.7 cm³/mol. The van der Waals surface area contributed by atoms with E-state index in [1.807, 2.05) is 0 Å². The standard InChI is InChI=1S/C11H10F3N5/c12-11(13,14)6-1-5(2-7(15)3-6)8-4-18-10(17)19-9(8)16/h1-4H,15H2,(H4,16,17,18,19). The zero-order chi connectivity index (χ0) is 14.2. The maximum Gasteiger partial charge on any atom is 0.416 e. The summed E-state index contributed by atoms with van der Waals surface area (Å²) in [5, 5.41) is 0. The number of nitrogen functional groups attached to an aromatic ring is 3. The predicted octanol–water partition coefficient (Wildman–Crippen LogP) is 1.91. The van der Waals surface area contributed by atoms with Crippen molar-refractivity contribution in [2.24, 2.45) is 0 Å². The Morgan fingerprint density at radius 1 is 1.00 bits per heavy atom. The highest BCUT2D eigenvalue weighted by Gasteiger charge is 2.31. The number of aromatic nitrogens is 2. The number of halogens is 3. The Morgan fingerprint density at radius 3 is 2.26 bits per heavy atom. The lowest BCUT2D eigenvalue weighted by Gasteiger charge is -2.11. The van der Waals surface area contributed by atoms with E-state index in [0.717, 1.165) is 12.1 Å². The fraction of sp³-hybridized carbons (Fsp3) is 0.0909. The first-order chi connectivity index (χ1) is 8.77. The second kappa shape index (κ2) is 4.30. The molecule has 0 spiro atoms. The number of nitrogens with zero attached hydrogens (tertiary/aromatic N) is 2. The highest BCUT2D eigenvalue weighted by Crippen LogP contribution is 2.35. The number of anilines is 3. The van der Waals surface area contributed by atoms with Crippen LogP contribution in [0.5, 0.6) is 0 Å². The van der Waals surface area contributed by atoms with Crippen LogP contribution in [0.3, 0.4) is 0 Å². The third-order valence-corrected chi connectivity index (χ3v) is 2.43. The van der Waals surface area contributed by atoms with Crippen molar-refractivity contribution < 1.29 is 13.2 Å². The summed E-state index contributed by atoms with van der Waals surface area (Å²) in [6.07, 6.45) is -3.24. The molecule has 1 aromatic heterocycles. The lowest BCUT2D eigenvalue weighted by molar-refractivity contribution is -0.137. The van der Waals surface area contributed by atoms with Crippen LogP contribution in [0.1, 0.15) is 5.56 Å². The molecule has 2 rings (SSSR count). The van der Waals surface area contributed by atoms with Crippen LogP contribution in [0.2, 0.25) is 0 Å². The largest absolute Gasteiger partial charge is 0.416 e. The van der Waals surface area contributed by atoms with Gasteiger partial charge in [-0.05, 0) is 23.8 Å². The molecule has 100 valence electrons. The first-order valence-corrected chi connectivity index (χ1v) is 5.13. The fourth-order valence-electron chi connectivity index (χ4n) is 1.60. The van der Waals surface area contributed by atoms with Crippen molar-refractivity contribution in [1.29, 1.82) is 0 Å². The van der Waals surface area contributed by atoms with Crippen LogP contribution >= 0.6 is 0 Å². The maximum absolute atomic E-state index is 12.7. The fourth-order valence-corrected chi connectivity index (χ4v) is 1.60. The normalized spacial score (nSPS) is 11.5. The molecule has 0 radical (unpaired) electrons. The molecule has 0 saturated carbocycles. The lowest BCUT2D eigenvalue weighted by atomic mass is 10.0. The van der Waals surface area contributed by atoms with Gasteiger partial charge in [-0.25, -0.2) is 4.98 Å². The van der Waals surface area contributed by atoms with E-state index < -0.39 is 11.7 Å². The van der Waals surface area contributed by atoms with Gasteiger partial charge in [-0.3, -0.25) is 0 Å². The molecule has 0 bridgehead atoms. The Kier molecular flexibility index (Phi) is 2.93. The van der Waals surface area contributed by atoms with Crippen molar-refractivity contribution in [1.82, 2.24) is 9.97 Å². The molecule has 0 fully saturated rings. The third-order valence-electron chi connectivity index (χ3n) is 2.43. The lowest BCUT2D eigenvalue weighted by Crippen LogP contribution is -2.07. The van der Waals surface area contributed by atoms with E-state index in [0.29, 0.717) is 0 Å². The number of benzene rings is 1. The van der Waals surface area contributed by atoms with E-state index in [1.165, 1.54) is 12.3 Å². The SMILES string of the molecule is Nc1cc(-c2cnc(N)nc2N)cc(C(F)(F)F)c1. The zero-order valence-electron chi connectivity index (χ0n) is 9.57. The molecule has 1 heterocycles. The number of hydrogen-bond acceptors (Lipinski definition) is 5. The minimum absolute atomic E-state index is 0.00813. The second-order valence-corrected chi connectivity index (χ2v) is 3.87. The highest BCUT2D eigenvalue weighted by molar-refractivity contribution is 5.76. The smallest absolute Gasteiger partial charge is 0.399 e. The number of alkyl halides is 3.